The van der Waals surface area contributed by atoms with Gasteiger partial charge in [-0.15, -0.1) is 0 Å². The summed E-state index contributed by atoms with van der Waals surface area (Å²) >= 11 is 0. The smallest absolute Gasteiger partial charge is 0.292 e. The van der Waals surface area contributed by atoms with E-state index in [1.54, 1.807) is 31.5 Å². The van der Waals surface area contributed by atoms with Gasteiger partial charge in [0.05, 0.1) is 16.8 Å². The van der Waals surface area contributed by atoms with Crippen molar-refractivity contribution in [3.8, 4) is 0 Å². The van der Waals surface area contributed by atoms with Gasteiger partial charge >= 0.3 is 0 Å². The summed E-state index contributed by atoms with van der Waals surface area (Å²) in [5.74, 6) is -0.0668. The molecule has 2 aromatic rings. The van der Waals surface area contributed by atoms with Gasteiger partial charge in [-0.2, -0.15) is 5.10 Å². The van der Waals surface area contributed by atoms with E-state index in [4.69, 9.17) is 0 Å². The number of nitro benzene ring substituents is 1. The van der Waals surface area contributed by atoms with Crippen LogP contribution in [0.4, 0.5) is 17.1 Å². The van der Waals surface area contributed by atoms with Gasteiger partial charge in [0.25, 0.3) is 5.69 Å². The Hall–Kier alpha value is -2.90. The summed E-state index contributed by atoms with van der Waals surface area (Å²) in [5, 5.41) is 21.3. The van der Waals surface area contributed by atoms with E-state index in [9.17, 15) is 14.9 Å². The molecular formula is C17H21N5O3. The molecule has 0 atom stereocenters. The summed E-state index contributed by atoms with van der Waals surface area (Å²) in [6.45, 7) is 1.94. The van der Waals surface area contributed by atoms with Crippen LogP contribution in [0.1, 0.15) is 31.2 Å². The lowest BCUT2D eigenvalue weighted by molar-refractivity contribution is -0.384. The molecule has 0 saturated heterocycles. The Kier molecular flexibility index (Phi) is 4.97. The molecule has 1 fully saturated rings. The Balaban J connectivity index is 1.64. The van der Waals surface area contributed by atoms with Crippen LogP contribution in [0.25, 0.3) is 0 Å². The number of hydrogen-bond acceptors (Lipinski definition) is 5. The van der Waals surface area contributed by atoms with Crippen LogP contribution in [0, 0.1) is 17.0 Å². The molecule has 0 radical (unpaired) electrons. The van der Waals surface area contributed by atoms with Gasteiger partial charge in [0.1, 0.15) is 12.2 Å². The molecule has 1 aliphatic carbocycles. The highest BCUT2D eigenvalue weighted by Crippen LogP contribution is 2.28. The maximum Gasteiger partial charge on any atom is 0.292 e. The van der Waals surface area contributed by atoms with E-state index < -0.39 is 4.92 Å². The third-order valence-corrected chi connectivity index (χ3v) is 4.29. The number of anilines is 2. The highest BCUT2D eigenvalue weighted by atomic mass is 16.6. The molecule has 2 N–H and O–H groups in total. The standard InChI is InChI=1S/C17H21N5O3/c1-12-6-7-15(16(8-12)22(24)25)19-14-9-18-21(10-14)11-17(23)20-13-4-2-3-5-13/h6-10,13,19H,2-5,11H2,1H3,(H,20,23). The Morgan fingerprint density at radius 3 is 2.88 bits per heavy atom. The number of nitrogens with one attached hydrogen (secondary N) is 2. The monoisotopic (exact) mass is 343 g/mol. The molecule has 132 valence electrons. The summed E-state index contributed by atoms with van der Waals surface area (Å²) in [6, 6.07) is 5.25. The second-order valence-corrected chi connectivity index (χ2v) is 6.38. The first-order valence-corrected chi connectivity index (χ1v) is 8.35. The van der Waals surface area contributed by atoms with Gasteiger partial charge in [-0.3, -0.25) is 19.6 Å². The van der Waals surface area contributed by atoms with E-state index >= 15 is 0 Å². The number of aryl methyl sites for hydroxylation is 1. The van der Waals surface area contributed by atoms with E-state index in [-0.39, 0.29) is 24.2 Å². The Bertz CT molecular complexity index is 780. The van der Waals surface area contributed by atoms with Crippen molar-refractivity contribution in [1.29, 1.82) is 0 Å². The molecule has 1 amide bonds. The van der Waals surface area contributed by atoms with Crippen LogP contribution in [0.3, 0.4) is 0 Å². The molecule has 1 heterocycles. The first-order valence-electron chi connectivity index (χ1n) is 8.35. The quantitative estimate of drug-likeness (QED) is 0.620. The molecule has 1 aliphatic rings. The van der Waals surface area contributed by atoms with Gasteiger partial charge in [-0.25, -0.2) is 0 Å². The molecule has 1 aromatic carbocycles. The van der Waals surface area contributed by atoms with Crippen molar-refractivity contribution in [2.24, 2.45) is 0 Å². The summed E-state index contributed by atoms with van der Waals surface area (Å²) in [4.78, 5) is 22.8. The van der Waals surface area contributed by atoms with Crippen molar-refractivity contribution < 1.29 is 9.72 Å². The van der Waals surface area contributed by atoms with Crippen molar-refractivity contribution in [2.75, 3.05) is 5.32 Å². The van der Waals surface area contributed by atoms with Gasteiger partial charge in [0.15, 0.2) is 0 Å². The average Bonchev–Trinajstić information content (AvgIpc) is 3.21. The first-order chi connectivity index (χ1) is 12.0. The number of hydrogen-bond donors (Lipinski definition) is 2. The normalized spacial score (nSPS) is 14.4. The van der Waals surface area contributed by atoms with Gasteiger partial charge in [-0.05, 0) is 31.4 Å². The van der Waals surface area contributed by atoms with Crippen LogP contribution in [-0.4, -0.2) is 26.7 Å². The Morgan fingerprint density at radius 1 is 1.40 bits per heavy atom. The number of nitrogens with zero attached hydrogens (tertiary/aromatic N) is 3. The van der Waals surface area contributed by atoms with Crippen molar-refractivity contribution in [3.63, 3.8) is 0 Å². The fraction of sp³-hybridized carbons (Fsp3) is 0.412. The van der Waals surface area contributed by atoms with Gasteiger partial charge in [0.2, 0.25) is 5.91 Å². The minimum absolute atomic E-state index is 0.00623. The number of benzene rings is 1. The summed E-state index contributed by atoms with van der Waals surface area (Å²) in [5.41, 5.74) is 1.81. The van der Waals surface area contributed by atoms with Crippen LogP contribution >= 0.6 is 0 Å². The first kappa shape index (κ1) is 16.9. The Morgan fingerprint density at radius 2 is 2.16 bits per heavy atom. The second-order valence-electron chi connectivity index (χ2n) is 6.38. The molecule has 0 unspecified atom stereocenters. The van der Waals surface area contributed by atoms with E-state index in [1.165, 1.54) is 10.7 Å². The van der Waals surface area contributed by atoms with Crippen LogP contribution in [-0.2, 0) is 11.3 Å². The zero-order valence-corrected chi connectivity index (χ0v) is 14.1. The minimum Gasteiger partial charge on any atom is -0.352 e. The van der Waals surface area contributed by atoms with E-state index in [0.29, 0.717) is 11.4 Å². The summed E-state index contributed by atoms with van der Waals surface area (Å²) < 4.78 is 1.52. The molecule has 3 rings (SSSR count). The van der Waals surface area contributed by atoms with Gasteiger partial charge in [-0.1, -0.05) is 18.9 Å². The number of aromatic nitrogens is 2. The van der Waals surface area contributed by atoms with E-state index in [2.05, 4.69) is 15.7 Å². The maximum atomic E-state index is 12.0. The third kappa shape index (κ3) is 4.34. The summed E-state index contributed by atoms with van der Waals surface area (Å²) in [7, 11) is 0. The topological polar surface area (TPSA) is 102 Å². The molecule has 25 heavy (non-hydrogen) atoms. The number of rotatable bonds is 6. The lowest BCUT2D eigenvalue weighted by Gasteiger charge is -2.11. The predicted molar refractivity (Wildman–Crippen MR) is 93.7 cm³/mol. The number of amides is 1. The fourth-order valence-electron chi connectivity index (χ4n) is 3.06. The molecular weight excluding hydrogens is 322 g/mol. The minimum atomic E-state index is -0.422. The zero-order valence-electron chi connectivity index (χ0n) is 14.1. The summed E-state index contributed by atoms with van der Waals surface area (Å²) in [6.07, 6.45) is 7.61. The lowest BCUT2D eigenvalue weighted by Crippen LogP contribution is -2.35. The predicted octanol–water partition coefficient (Wildman–Crippen LogP) is 2.90. The average molecular weight is 343 g/mol. The Labute approximate surface area is 145 Å². The van der Waals surface area contributed by atoms with Crippen molar-refractivity contribution >= 4 is 23.0 Å². The largest absolute Gasteiger partial charge is 0.352 e. The van der Waals surface area contributed by atoms with E-state index in [1.807, 2.05) is 0 Å². The van der Waals surface area contributed by atoms with Crippen LogP contribution in [0.15, 0.2) is 30.6 Å². The fourth-order valence-corrected chi connectivity index (χ4v) is 3.06. The van der Waals surface area contributed by atoms with Gasteiger partial charge in [0, 0.05) is 18.3 Å². The second kappa shape index (κ2) is 7.33. The SMILES string of the molecule is Cc1ccc(Nc2cnn(CC(=O)NC3CCCC3)c2)c([N+](=O)[O-])c1. The highest BCUT2D eigenvalue weighted by molar-refractivity contribution is 5.76. The molecule has 0 spiro atoms. The highest BCUT2D eigenvalue weighted by Gasteiger charge is 2.18. The van der Waals surface area contributed by atoms with Crippen molar-refractivity contribution in [2.45, 2.75) is 45.2 Å². The number of carbonyl (C=O) groups excluding carboxylic acids is 1. The van der Waals surface area contributed by atoms with E-state index in [0.717, 1.165) is 31.2 Å². The number of carbonyl (C=O) groups is 1. The molecule has 1 saturated carbocycles. The molecule has 8 heteroatoms. The molecule has 8 nitrogen and oxygen atoms in total. The molecule has 0 aliphatic heterocycles. The molecule has 0 bridgehead atoms. The molecule has 1 aromatic heterocycles. The third-order valence-electron chi connectivity index (χ3n) is 4.29. The maximum absolute atomic E-state index is 12.0. The van der Waals surface area contributed by atoms with Crippen LogP contribution < -0.4 is 10.6 Å². The van der Waals surface area contributed by atoms with Crippen molar-refractivity contribution in [3.05, 3.63) is 46.3 Å². The van der Waals surface area contributed by atoms with Crippen LogP contribution in [0.5, 0.6) is 0 Å². The van der Waals surface area contributed by atoms with Crippen LogP contribution in [0.2, 0.25) is 0 Å². The number of nitro groups is 1. The van der Waals surface area contributed by atoms with Crippen molar-refractivity contribution in [1.82, 2.24) is 15.1 Å². The van der Waals surface area contributed by atoms with Gasteiger partial charge < -0.3 is 10.6 Å². The zero-order chi connectivity index (χ0) is 17.8. The lowest BCUT2D eigenvalue weighted by atomic mass is 10.2.